The molecular weight excluding hydrogens is 554 g/mol. The highest BCUT2D eigenvalue weighted by molar-refractivity contribution is 6.12. The van der Waals surface area contributed by atoms with Crippen molar-refractivity contribution in [2.45, 2.75) is 31.8 Å². The molecule has 10 heteroatoms. The Balaban J connectivity index is 0.00000220. The molecule has 1 fully saturated rings. The summed E-state index contributed by atoms with van der Waals surface area (Å²) in [7, 11) is 3.26. The Kier molecular flexibility index (Phi) is 10.9. The fourth-order valence-electron chi connectivity index (χ4n) is 5.42. The van der Waals surface area contributed by atoms with Crippen LogP contribution in [0.1, 0.15) is 40.2 Å². The van der Waals surface area contributed by atoms with Crippen molar-refractivity contribution >= 4 is 41.6 Å². The molecule has 1 aliphatic heterocycles. The van der Waals surface area contributed by atoms with Crippen LogP contribution in [0.25, 0.3) is 22.0 Å². The average molecular weight is 590 g/mol. The van der Waals surface area contributed by atoms with E-state index in [-0.39, 0.29) is 42.5 Å². The van der Waals surface area contributed by atoms with E-state index in [9.17, 15) is 9.18 Å². The van der Waals surface area contributed by atoms with Gasteiger partial charge in [0.15, 0.2) is 0 Å². The number of amides is 1. The number of rotatable bonds is 8. The highest BCUT2D eigenvalue weighted by atomic mass is 35.5. The quantitative estimate of drug-likeness (QED) is 0.280. The Morgan fingerprint density at radius 1 is 1.10 bits per heavy atom. The van der Waals surface area contributed by atoms with Gasteiger partial charge in [-0.1, -0.05) is 24.3 Å². The zero-order chi connectivity index (χ0) is 26.6. The highest BCUT2D eigenvalue weighted by Crippen LogP contribution is 2.36. The third-order valence-electron chi connectivity index (χ3n) is 7.45. The standard InChI is InChI=1S/C30H33FN4O3.2ClH/c1-37-15-14-35-19-25(29-23(4-3-5-27(29)35)22-8-11-33-28(17-22)38-2)30(36)34-12-9-21(10-13-34)24-16-20(18-32)6-7-26(24)31;;/h3-8,11,16-17,19,21H,9-10,12-15,18,32H2,1-2H3;2*1H. The van der Waals surface area contributed by atoms with Gasteiger partial charge in [0.05, 0.1) is 19.3 Å². The van der Waals surface area contributed by atoms with Gasteiger partial charge in [0.2, 0.25) is 5.88 Å². The number of aromatic nitrogens is 2. The predicted molar refractivity (Wildman–Crippen MR) is 160 cm³/mol. The minimum Gasteiger partial charge on any atom is -0.481 e. The normalized spacial score (nSPS) is 13.6. The average Bonchev–Trinajstić information content (AvgIpc) is 3.35. The zero-order valence-electron chi connectivity index (χ0n) is 22.6. The number of hydrogen-bond acceptors (Lipinski definition) is 5. The number of ether oxygens (including phenoxy) is 2. The molecule has 0 saturated carbocycles. The van der Waals surface area contributed by atoms with Gasteiger partial charge in [-0.2, -0.15) is 0 Å². The number of piperidine rings is 1. The molecule has 2 N–H and O–H groups in total. The number of pyridine rings is 1. The molecule has 1 saturated heterocycles. The molecule has 0 aliphatic carbocycles. The van der Waals surface area contributed by atoms with Crippen LogP contribution in [0.5, 0.6) is 5.88 Å². The number of benzene rings is 2. The van der Waals surface area contributed by atoms with Crippen molar-refractivity contribution in [3.05, 3.63) is 83.4 Å². The summed E-state index contributed by atoms with van der Waals surface area (Å²) in [5.41, 5.74) is 10.9. The van der Waals surface area contributed by atoms with Crippen molar-refractivity contribution in [2.24, 2.45) is 5.73 Å². The maximum absolute atomic E-state index is 14.6. The summed E-state index contributed by atoms with van der Waals surface area (Å²) in [5, 5.41) is 0.894. The molecule has 1 amide bonds. The smallest absolute Gasteiger partial charge is 0.256 e. The molecule has 2 aromatic carbocycles. The number of carbonyl (C=O) groups excluding carboxylic acids is 1. The van der Waals surface area contributed by atoms with Gasteiger partial charge in [-0.15, -0.1) is 24.8 Å². The number of nitrogens with zero attached hydrogens (tertiary/aromatic N) is 3. The first-order valence-electron chi connectivity index (χ1n) is 12.9. The summed E-state index contributed by atoms with van der Waals surface area (Å²) >= 11 is 0. The summed E-state index contributed by atoms with van der Waals surface area (Å²) in [4.78, 5) is 20.1. The Hall–Kier alpha value is -3.17. The molecule has 0 unspecified atom stereocenters. The maximum Gasteiger partial charge on any atom is 0.256 e. The van der Waals surface area contributed by atoms with Crippen LogP contribution in [0.4, 0.5) is 4.39 Å². The highest BCUT2D eigenvalue weighted by Gasteiger charge is 2.29. The summed E-state index contributed by atoms with van der Waals surface area (Å²) in [6.07, 6.45) is 5.05. The summed E-state index contributed by atoms with van der Waals surface area (Å²) < 4.78 is 27.4. The van der Waals surface area contributed by atoms with E-state index in [1.165, 1.54) is 6.07 Å². The molecule has 2 aromatic heterocycles. The van der Waals surface area contributed by atoms with E-state index in [1.54, 1.807) is 26.5 Å². The summed E-state index contributed by atoms with van der Waals surface area (Å²) in [6, 6.07) is 15.0. The number of nitrogens with two attached hydrogens (primary N) is 1. The monoisotopic (exact) mass is 588 g/mol. The van der Waals surface area contributed by atoms with Crippen LogP contribution in [0, 0.1) is 5.82 Å². The third kappa shape index (κ3) is 6.25. The Labute approximate surface area is 246 Å². The fraction of sp³-hybridized carbons (Fsp3) is 0.333. The van der Waals surface area contributed by atoms with Crippen LogP contribution in [-0.2, 0) is 17.8 Å². The number of halogens is 3. The van der Waals surface area contributed by atoms with E-state index in [0.717, 1.165) is 27.6 Å². The Morgan fingerprint density at radius 2 is 1.88 bits per heavy atom. The van der Waals surface area contributed by atoms with Crippen molar-refractivity contribution in [1.29, 1.82) is 0 Å². The molecule has 0 radical (unpaired) electrons. The molecule has 3 heterocycles. The molecule has 5 rings (SSSR count). The van der Waals surface area contributed by atoms with Crippen molar-refractivity contribution < 1.29 is 18.7 Å². The minimum atomic E-state index is -0.203. The van der Waals surface area contributed by atoms with E-state index in [2.05, 4.69) is 9.55 Å². The predicted octanol–water partition coefficient (Wildman–Crippen LogP) is 5.82. The zero-order valence-corrected chi connectivity index (χ0v) is 24.3. The molecule has 0 atom stereocenters. The third-order valence-corrected chi connectivity index (χ3v) is 7.45. The van der Waals surface area contributed by atoms with Crippen molar-refractivity contribution in [3.8, 4) is 17.0 Å². The van der Waals surface area contributed by atoms with Gasteiger partial charge in [0.25, 0.3) is 5.91 Å². The van der Waals surface area contributed by atoms with Crippen LogP contribution in [0.15, 0.2) is 60.9 Å². The Bertz CT molecular complexity index is 1450. The molecule has 1 aliphatic rings. The van der Waals surface area contributed by atoms with Crippen molar-refractivity contribution in [1.82, 2.24) is 14.5 Å². The molecule has 40 heavy (non-hydrogen) atoms. The van der Waals surface area contributed by atoms with Gasteiger partial charge < -0.3 is 24.7 Å². The van der Waals surface area contributed by atoms with E-state index in [0.29, 0.717) is 62.6 Å². The second-order valence-corrected chi connectivity index (χ2v) is 9.64. The lowest BCUT2D eigenvalue weighted by molar-refractivity contribution is 0.0714. The van der Waals surface area contributed by atoms with Crippen LogP contribution >= 0.6 is 24.8 Å². The molecule has 0 spiro atoms. The van der Waals surface area contributed by atoms with Gasteiger partial charge >= 0.3 is 0 Å². The first kappa shape index (κ1) is 31.4. The lowest BCUT2D eigenvalue weighted by Crippen LogP contribution is -2.38. The van der Waals surface area contributed by atoms with Gasteiger partial charge in [-0.3, -0.25) is 4.79 Å². The lowest BCUT2D eigenvalue weighted by atomic mass is 9.88. The Morgan fingerprint density at radius 3 is 2.58 bits per heavy atom. The van der Waals surface area contributed by atoms with Crippen LogP contribution in [0.3, 0.4) is 0 Å². The van der Waals surface area contributed by atoms with Gasteiger partial charge in [0, 0.05) is 62.7 Å². The van der Waals surface area contributed by atoms with E-state index in [4.69, 9.17) is 15.2 Å². The van der Waals surface area contributed by atoms with Crippen molar-refractivity contribution in [2.75, 3.05) is 33.9 Å². The van der Waals surface area contributed by atoms with Crippen molar-refractivity contribution in [3.63, 3.8) is 0 Å². The van der Waals surface area contributed by atoms with E-state index >= 15 is 0 Å². The SMILES string of the molecule is COCCn1cc(C(=O)N2CCC(c3cc(CN)ccc3F)CC2)c2c(-c3ccnc(OC)c3)cccc21.Cl.Cl. The first-order valence-corrected chi connectivity index (χ1v) is 12.9. The fourth-order valence-corrected chi connectivity index (χ4v) is 5.42. The topological polar surface area (TPSA) is 82.6 Å². The van der Waals surface area contributed by atoms with Crippen LogP contribution in [-0.4, -0.2) is 54.3 Å². The summed E-state index contributed by atoms with van der Waals surface area (Å²) in [6.45, 7) is 2.66. The second-order valence-electron chi connectivity index (χ2n) is 9.64. The second kappa shape index (κ2) is 13.9. The number of hydrogen-bond donors (Lipinski definition) is 1. The number of likely N-dealkylation sites (tertiary alicyclic amines) is 1. The largest absolute Gasteiger partial charge is 0.481 e. The number of fused-ring (bicyclic) bond motifs is 1. The minimum absolute atomic E-state index is 0. The molecular formula is C30H35Cl2FN4O3. The van der Waals surface area contributed by atoms with E-state index < -0.39 is 0 Å². The maximum atomic E-state index is 14.6. The molecule has 0 bridgehead atoms. The number of carbonyl (C=O) groups is 1. The van der Waals surface area contributed by atoms with Crippen LogP contribution < -0.4 is 10.5 Å². The molecule has 4 aromatic rings. The van der Waals surface area contributed by atoms with E-state index in [1.807, 2.05) is 47.5 Å². The van der Waals surface area contributed by atoms with Gasteiger partial charge in [-0.25, -0.2) is 9.37 Å². The number of methoxy groups -OCH3 is 2. The molecule has 214 valence electrons. The lowest BCUT2D eigenvalue weighted by Gasteiger charge is -2.32. The van der Waals surface area contributed by atoms with Gasteiger partial charge in [0.1, 0.15) is 5.82 Å². The first-order chi connectivity index (χ1) is 18.5. The van der Waals surface area contributed by atoms with Gasteiger partial charge in [-0.05, 0) is 59.2 Å². The summed E-state index contributed by atoms with van der Waals surface area (Å²) in [5.74, 6) is 0.354. The molecule has 7 nitrogen and oxygen atoms in total. The van der Waals surface area contributed by atoms with Crippen LogP contribution in [0.2, 0.25) is 0 Å².